The van der Waals surface area contributed by atoms with Gasteiger partial charge in [-0.25, -0.2) is 14.4 Å². The van der Waals surface area contributed by atoms with E-state index in [1.54, 1.807) is 97.0 Å². The van der Waals surface area contributed by atoms with Gasteiger partial charge in [-0.3, -0.25) is 9.59 Å². The predicted molar refractivity (Wildman–Crippen MR) is 219 cm³/mol. The molecular formula is C45H57BNO14. The number of Topliss-reactive ketones (excluding diaryl/α,β-unsaturated/α-hetero) is 1. The summed E-state index contributed by atoms with van der Waals surface area (Å²) in [5.74, 6) is -4.93. The zero-order valence-electron chi connectivity index (χ0n) is 36.1. The molecule has 4 N–H and O–H groups in total. The number of carbonyl (C=O) groups excluding carboxylic acids is 5. The van der Waals surface area contributed by atoms with Crippen LogP contribution in [-0.4, -0.2) is 113 Å². The minimum absolute atomic E-state index is 0.107. The number of hydrogen-bond donors (Lipinski definition) is 4. The molecule has 2 aromatic rings. The number of fused-ring (bicyclic) bond motifs is 5. The molecule has 4 aliphatic rings. The van der Waals surface area contributed by atoms with Gasteiger partial charge in [0.05, 0.1) is 35.6 Å². The molecule has 1 heterocycles. The van der Waals surface area contributed by atoms with Crippen LogP contribution in [0.1, 0.15) is 97.1 Å². The number of carbonyl (C=O) groups is 5. The number of aliphatic hydroxyl groups is 3. The number of aliphatic hydroxyl groups excluding tert-OH is 2. The summed E-state index contributed by atoms with van der Waals surface area (Å²) in [6.07, 6.45) is -10.3. The van der Waals surface area contributed by atoms with Crippen molar-refractivity contribution in [1.29, 1.82) is 0 Å². The Hall–Kier alpha value is -4.61. The quantitative estimate of drug-likeness (QED) is 0.107. The van der Waals surface area contributed by atoms with E-state index < -0.39 is 112 Å². The van der Waals surface area contributed by atoms with Gasteiger partial charge in [0.15, 0.2) is 17.5 Å². The molecule has 1 aliphatic heterocycles. The number of esters is 3. The van der Waals surface area contributed by atoms with E-state index in [1.807, 2.05) is 0 Å². The minimum atomic E-state index is -2.29. The smallest absolute Gasteiger partial charge is 0.408 e. The maximum Gasteiger partial charge on any atom is 0.408 e. The van der Waals surface area contributed by atoms with Crippen LogP contribution in [0.25, 0.3) is 0 Å². The first-order valence-electron chi connectivity index (χ1n) is 20.7. The summed E-state index contributed by atoms with van der Waals surface area (Å²) in [5.41, 5.74) is -7.37. The van der Waals surface area contributed by atoms with Gasteiger partial charge in [0.2, 0.25) is 0 Å². The van der Waals surface area contributed by atoms with Gasteiger partial charge >= 0.3 is 24.0 Å². The van der Waals surface area contributed by atoms with E-state index in [9.17, 15) is 34.5 Å². The molecule has 16 heteroatoms. The van der Waals surface area contributed by atoms with E-state index >= 15 is 4.79 Å². The Kier molecular flexibility index (Phi) is 12.7. The van der Waals surface area contributed by atoms with Crippen molar-refractivity contribution in [3.05, 3.63) is 82.9 Å². The summed E-state index contributed by atoms with van der Waals surface area (Å²) in [4.78, 5) is 70.1. The second kappa shape index (κ2) is 16.9. The van der Waals surface area contributed by atoms with Crippen LogP contribution in [0.2, 0.25) is 6.32 Å². The minimum Gasteiger partial charge on any atom is -0.456 e. The lowest BCUT2D eigenvalue weighted by atomic mass is 9.44. The lowest BCUT2D eigenvalue weighted by molar-refractivity contribution is -0.345. The summed E-state index contributed by atoms with van der Waals surface area (Å²) < 4.78 is 36.3. The van der Waals surface area contributed by atoms with Crippen molar-refractivity contribution in [3.63, 3.8) is 0 Å². The van der Waals surface area contributed by atoms with E-state index in [2.05, 4.69) is 5.32 Å². The largest absolute Gasteiger partial charge is 0.456 e. The zero-order valence-corrected chi connectivity index (χ0v) is 36.1. The van der Waals surface area contributed by atoms with Gasteiger partial charge in [-0.2, -0.15) is 0 Å². The molecule has 1 radical (unpaired) electrons. The van der Waals surface area contributed by atoms with Crippen molar-refractivity contribution >= 4 is 37.3 Å². The van der Waals surface area contributed by atoms with Crippen LogP contribution in [0.5, 0.6) is 0 Å². The first-order valence-corrected chi connectivity index (χ1v) is 20.7. The second-order valence-corrected chi connectivity index (χ2v) is 18.3. The molecule has 0 aromatic heterocycles. The number of amides is 1. The van der Waals surface area contributed by atoms with Crippen LogP contribution >= 0.6 is 0 Å². The van der Waals surface area contributed by atoms with E-state index in [0.717, 1.165) is 0 Å². The number of alkyl carbamates (subject to hydrolysis) is 1. The molecule has 1 saturated heterocycles. The highest BCUT2D eigenvalue weighted by molar-refractivity contribution is 6.27. The van der Waals surface area contributed by atoms with Gasteiger partial charge in [0, 0.05) is 25.2 Å². The van der Waals surface area contributed by atoms with Gasteiger partial charge in [-0.15, -0.1) is 0 Å². The fourth-order valence-electron chi connectivity index (χ4n) is 9.85. The summed E-state index contributed by atoms with van der Waals surface area (Å²) in [6.45, 7) is 14.1. The van der Waals surface area contributed by atoms with Crippen LogP contribution < -0.4 is 5.32 Å². The molecule has 329 valence electrons. The number of nitrogens with one attached hydrogen (secondary N) is 1. The second-order valence-electron chi connectivity index (χ2n) is 18.3. The van der Waals surface area contributed by atoms with Crippen LogP contribution in [0.4, 0.5) is 4.79 Å². The monoisotopic (exact) mass is 846 g/mol. The number of ketones is 1. The van der Waals surface area contributed by atoms with Gasteiger partial charge in [-0.1, -0.05) is 75.6 Å². The van der Waals surface area contributed by atoms with Gasteiger partial charge in [0.1, 0.15) is 35.6 Å². The van der Waals surface area contributed by atoms with Crippen LogP contribution in [0, 0.1) is 16.7 Å². The predicted octanol–water partition coefficient (Wildman–Crippen LogP) is 4.34. The fraction of sp³-hybridized carbons (Fsp3) is 0.578. The number of rotatable bonds is 11. The molecule has 61 heavy (non-hydrogen) atoms. The SMILES string of the molecule is CC[B]O[C@H]1C(=O)[C@]2(C)C(O)C[C@H]3OC[C@@]3(OC(C)=O)[C@H]2[C@H](OC(=O)c2ccccc2)[C@]2(O)CC(OC(=O)[C@H](O)[C@@H](NC(=O)OC(C)(C)C)c3ccccc3)C(C)=C1C2(C)C. The summed E-state index contributed by atoms with van der Waals surface area (Å²) in [5, 5.41) is 40.1. The van der Waals surface area contributed by atoms with Crippen molar-refractivity contribution < 1.29 is 67.6 Å². The van der Waals surface area contributed by atoms with Crippen LogP contribution in [-0.2, 0) is 42.7 Å². The maximum absolute atomic E-state index is 15.6. The van der Waals surface area contributed by atoms with E-state index in [-0.39, 0.29) is 24.2 Å². The third kappa shape index (κ3) is 8.13. The molecule has 2 saturated carbocycles. The van der Waals surface area contributed by atoms with E-state index in [1.165, 1.54) is 33.5 Å². The van der Waals surface area contributed by atoms with Crippen LogP contribution in [0.3, 0.4) is 0 Å². The molecule has 15 nitrogen and oxygen atoms in total. The molecule has 2 aromatic carbocycles. The van der Waals surface area contributed by atoms with Crippen molar-refractivity contribution in [2.24, 2.45) is 16.7 Å². The summed E-state index contributed by atoms with van der Waals surface area (Å²) in [6, 6.07) is 14.9. The average molecular weight is 847 g/mol. The average Bonchev–Trinajstić information content (AvgIpc) is 3.19. The summed E-state index contributed by atoms with van der Waals surface area (Å²) >= 11 is 0. The highest BCUT2D eigenvalue weighted by atomic mass is 16.6. The number of hydrogen-bond acceptors (Lipinski definition) is 14. The van der Waals surface area contributed by atoms with Crippen molar-refractivity contribution in [2.45, 2.75) is 141 Å². The standard InChI is InChI=1S/C45H57BNO14/c1-10-46-61-34-31-24(2)28(57-39(53)33(50)32(26-17-13-11-14-18-26)47-40(54)60-41(4,5)6)22-45(55,42(31,7)8)37(58-38(52)27-19-15-12-16-20-27)35-43(9,36(34)51)29(49)21-30-44(35,23-56-30)59-25(3)48/h11-20,28-30,32-35,37,49-50,55H,10,21-23H2,1-9H3,(H,47,54)/t28?,29?,30-,32+,33-,34-,35+,37+,43-,44+,45-/m1/s1. The molecule has 2 unspecified atom stereocenters. The summed E-state index contributed by atoms with van der Waals surface area (Å²) in [7, 11) is 1.42. The third-order valence-electron chi connectivity index (χ3n) is 12.9. The van der Waals surface area contributed by atoms with Gasteiger partial charge in [-0.05, 0) is 63.5 Å². The molecule has 6 rings (SSSR count). The van der Waals surface area contributed by atoms with Gasteiger partial charge < -0.3 is 49.0 Å². The fourth-order valence-corrected chi connectivity index (χ4v) is 9.85. The third-order valence-corrected chi connectivity index (χ3v) is 12.9. The van der Waals surface area contributed by atoms with E-state index in [4.69, 9.17) is 28.3 Å². The molecule has 0 spiro atoms. The molecular weight excluding hydrogens is 789 g/mol. The lowest BCUT2D eigenvalue weighted by Crippen LogP contribution is -2.82. The Morgan fingerprint density at radius 3 is 2.18 bits per heavy atom. The molecule has 1 amide bonds. The van der Waals surface area contributed by atoms with Crippen LogP contribution in [0.15, 0.2) is 71.8 Å². The Morgan fingerprint density at radius 2 is 1.62 bits per heavy atom. The Labute approximate surface area is 356 Å². The highest BCUT2D eigenvalue weighted by Gasteiger charge is 2.78. The Bertz CT molecular complexity index is 2040. The highest BCUT2D eigenvalue weighted by Crippen LogP contribution is 2.64. The van der Waals surface area contributed by atoms with Crippen molar-refractivity contribution in [3.8, 4) is 0 Å². The van der Waals surface area contributed by atoms with Crippen molar-refractivity contribution in [1.82, 2.24) is 5.32 Å². The Balaban J connectivity index is 1.53. The molecule has 3 aliphatic carbocycles. The topological polar surface area (TPSA) is 213 Å². The number of benzene rings is 2. The molecule has 3 fully saturated rings. The normalized spacial score (nSPS) is 32.6. The van der Waals surface area contributed by atoms with Crippen molar-refractivity contribution in [2.75, 3.05) is 6.61 Å². The maximum atomic E-state index is 15.6. The number of ether oxygens (including phenoxy) is 5. The lowest BCUT2D eigenvalue weighted by Gasteiger charge is -2.67. The van der Waals surface area contributed by atoms with Gasteiger partial charge in [0.25, 0.3) is 7.48 Å². The first-order chi connectivity index (χ1) is 28.5. The Morgan fingerprint density at radius 1 is 1.00 bits per heavy atom. The first kappa shape index (κ1) is 45.9. The molecule has 11 atom stereocenters. The zero-order chi connectivity index (χ0) is 44.9. The molecule has 2 bridgehead atoms. The van der Waals surface area contributed by atoms with E-state index in [0.29, 0.717) is 17.5 Å².